The number of ether oxygens (including phenoxy) is 1. The molecule has 2 rings (SSSR count). The van der Waals surface area contributed by atoms with E-state index in [9.17, 15) is 14.7 Å². The van der Waals surface area contributed by atoms with Gasteiger partial charge in [0.2, 0.25) is 0 Å². The Bertz CT molecular complexity index is 388. The summed E-state index contributed by atoms with van der Waals surface area (Å²) < 4.78 is 5.09. The van der Waals surface area contributed by atoms with E-state index in [-0.39, 0.29) is 18.1 Å². The van der Waals surface area contributed by atoms with Crippen molar-refractivity contribution in [2.24, 2.45) is 5.92 Å². The maximum Gasteiger partial charge on any atom is 0.326 e. The fraction of sp³-hybridized carbons (Fsp3) is 0.867. The van der Waals surface area contributed by atoms with Gasteiger partial charge in [0.25, 0.3) is 0 Å². The van der Waals surface area contributed by atoms with Crippen molar-refractivity contribution in [2.45, 2.75) is 63.6 Å². The van der Waals surface area contributed by atoms with E-state index in [4.69, 9.17) is 4.74 Å². The summed E-state index contributed by atoms with van der Waals surface area (Å²) in [5.41, 5.74) is 0. The summed E-state index contributed by atoms with van der Waals surface area (Å²) >= 11 is 0. The molecular weight excluding hydrogens is 272 g/mol. The average molecular weight is 298 g/mol. The molecule has 0 spiro atoms. The summed E-state index contributed by atoms with van der Waals surface area (Å²) in [7, 11) is 1.60. The van der Waals surface area contributed by atoms with Crippen molar-refractivity contribution in [1.82, 2.24) is 10.2 Å². The van der Waals surface area contributed by atoms with Crippen LogP contribution >= 0.6 is 0 Å². The largest absolute Gasteiger partial charge is 0.480 e. The lowest BCUT2D eigenvalue weighted by atomic mass is 9.85. The van der Waals surface area contributed by atoms with E-state index < -0.39 is 12.0 Å². The third kappa shape index (κ3) is 3.48. The minimum absolute atomic E-state index is 0.0698. The smallest absolute Gasteiger partial charge is 0.326 e. The zero-order valence-corrected chi connectivity index (χ0v) is 12.9. The molecule has 1 aliphatic carbocycles. The first kappa shape index (κ1) is 16.1. The minimum Gasteiger partial charge on any atom is -0.480 e. The first-order chi connectivity index (χ1) is 10.1. The number of hydrogen-bond acceptors (Lipinski definition) is 3. The van der Waals surface area contributed by atoms with Gasteiger partial charge in [0.1, 0.15) is 6.04 Å². The number of carboxylic acid groups (broad SMARTS) is 1. The van der Waals surface area contributed by atoms with Gasteiger partial charge in [0, 0.05) is 13.2 Å². The lowest BCUT2D eigenvalue weighted by molar-refractivity contribution is -0.141. The molecule has 4 atom stereocenters. The molecule has 0 radical (unpaired) electrons. The normalized spacial score (nSPS) is 29.8. The zero-order chi connectivity index (χ0) is 15.4. The number of urea groups is 1. The summed E-state index contributed by atoms with van der Waals surface area (Å²) in [5.74, 6) is -0.549. The number of carboxylic acids is 1. The molecule has 1 heterocycles. The lowest BCUT2D eigenvalue weighted by Crippen LogP contribution is -2.53. The standard InChI is InChI=1S/C15H26N2O4/c1-3-11(9-21-2)16-15(20)17-12-7-5-4-6-10(12)8-13(17)14(18)19/h10-13H,3-9H2,1-2H3,(H,16,20)(H,18,19). The van der Waals surface area contributed by atoms with E-state index in [1.165, 1.54) is 0 Å². The molecule has 0 aromatic carbocycles. The second-order valence-corrected chi connectivity index (χ2v) is 6.12. The maximum absolute atomic E-state index is 12.6. The van der Waals surface area contributed by atoms with E-state index in [0.717, 1.165) is 32.1 Å². The van der Waals surface area contributed by atoms with Gasteiger partial charge >= 0.3 is 12.0 Å². The van der Waals surface area contributed by atoms with Crippen LogP contribution in [0.25, 0.3) is 0 Å². The number of nitrogens with zero attached hydrogens (tertiary/aromatic N) is 1. The number of rotatable bonds is 5. The van der Waals surface area contributed by atoms with Crippen molar-refractivity contribution >= 4 is 12.0 Å². The van der Waals surface area contributed by atoms with Crippen molar-refractivity contribution in [2.75, 3.05) is 13.7 Å². The van der Waals surface area contributed by atoms with E-state index in [2.05, 4.69) is 5.32 Å². The quantitative estimate of drug-likeness (QED) is 0.811. The van der Waals surface area contributed by atoms with Crippen LogP contribution < -0.4 is 5.32 Å². The fourth-order valence-corrected chi connectivity index (χ4v) is 3.68. The summed E-state index contributed by atoms with van der Waals surface area (Å²) in [6, 6.07) is -0.918. The first-order valence-electron chi connectivity index (χ1n) is 7.89. The number of fused-ring (bicyclic) bond motifs is 1. The monoisotopic (exact) mass is 298 g/mol. The topological polar surface area (TPSA) is 78.9 Å². The summed E-state index contributed by atoms with van der Waals surface area (Å²) in [6.07, 6.45) is 5.53. The van der Waals surface area contributed by atoms with Crippen LogP contribution in [-0.4, -0.2) is 53.8 Å². The molecule has 0 aromatic rings. The molecule has 2 aliphatic rings. The van der Waals surface area contributed by atoms with Crippen LogP contribution in [-0.2, 0) is 9.53 Å². The number of amides is 2. The first-order valence-corrected chi connectivity index (χ1v) is 7.89. The van der Waals surface area contributed by atoms with Gasteiger partial charge in [0.15, 0.2) is 0 Å². The minimum atomic E-state index is -0.890. The highest BCUT2D eigenvalue weighted by atomic mass is 16.5. The molecule has 2 N–H and O–H groups in total. The van der Waals surface area contributed by atoms with Gasteiger partial charge < -0.3 is 20.1 Å². The second-order valence-electron chi connectivity index (χ2n) is 6.12. The third-order valence-electron chi connectivity index (χ3n) is 4.80. The molecule has 2 fully saturated rings. The van der Waals surface area contributed by atoms with E-state index in [1.54, 1.807) is 12.0 Å². The summed E-state index contributed by atoms with van der Waals surface area (Å²) in [4.78, 5) is 25.6. The number of nitrogens with one attached hydrogen (secondary N) is 1. The van der Waals surface area contributed by atoms with E-state index in [0.29, 0.717) is 18.9 Å². The SMILES string of the molecule is CCC(COC)NC(=O)N1C(C(=O)O)CC2CCCCC21. The molecule has 1 aliphatic heterocycles. The molecule has 0 aromatic heterocycles. The van der Waals surface area contributed by atoms with Crippen LogP contribution in [0.3, 0.4) is 0 Å². The van der Waals surface area contributed by atoms with Crippen molar-refractivity contribution in [3.8, 4) is 0 Å². The molecule has 4 unspecified atom stereocenters. The Morgan fingerprint density at radius 2 is 2.10 bits per heavy atom. The second kappa shape index (κ2) is 7.11. The van der Waals surface area contributed by atoms with Crippen molar-refractivity contribution in [3.05, 3.63) is 0 Å². The summed E-state index contributed by atoms with van der Waals surface area (Å²) in [6.45, 7) is 2.42. The Hall–Kier alpha value is -1.30. The predicted molar refractivity (Wildman–Crippen MR) is 78.1 cm³/mol. The van der Waals surface area contributed by atoms with Gasteiger partial charge in [0.05, 0.1) is 12.6 Å². The van der Waals surface area contributed by atoms with Crippen LogP contribution in [0.1, 0.15) is 45.4 Å². The molecule has 6 heteroatoms. The Balaban J connectivity index is 2.09. The third-order valence-corrected chi connectivity index (χ3v) is 4.80. The van der Waals surface area contributed by atoms with Crippen molar-refractivity contribution in [1.29, 1.82) is 0 Å². The van der Waals surface area contributed by atoms with E-state index in [1.807, 2.05) is 6.92 Å². The molecule has 6 nitrogen and oxygen atoms in total. The van der Waals surface area contributed by atoms with Crippen molar-refractivity contribution < 1.29 is 19.4 Å². The highest BCUT2D eigenvalue weighted by molar-refractivity contribution is 5.84. The van der Waals surface area contributed by atoms with Gasteiger partial charge in [-0.1, -0.05) is 19.8 Å². The fourth-order valence-electron chi connectivity index (χ4n) is 3.68. The lowest BCUT2D eigenvalue weighted by Gasteiger charge is -2.34. The molecule has 21 heavy (non-hydrogen) atoms. The number of hydrogen-bond donors (Lipinski definition) is 2. The Kier molecular flexibility index (Phi) is 5.45. The molecule has 0 bridgehead atoms. The van der Waals surface area contributed by atoms with Crippen LogP contribution in [0.4, 0.5) is 4.79 Å². The Morgan fingerprint density at radius 3 is 2.71 bits per heavy atom. The van der Waals surface area contributed by atoms with Gasteiger partial charge in [-0.05, 0) is 31.6 Å². The highest BCUT2D eigenvalue weighted by Gasteiger charge is 2.47. The zero-order valence-electron chi connectivity index (χ0n) is 12.9. The molecule has 120 valence electrons. The molecular formula is C15H26N2O4. The van der Waals surface area contributed by atoms with Gasteiger partial charge in [-0.25, -0.2) is 9.59 Å². The van der Waals surface area contributed by atoms with Gasteiger partial charge in [-0.15, -0.1) is 0 Å². The van der Waals surface area contributed by atoms with Gasteiger partial charge in [-0.3, -0.25) is 0 Å². The number of aliphatic carboxylic acids is 1. The van der Waals surface area contributed by atoms with E-state index >= 15 is 0 Å². The van der Waals surface area contributed by atoms with Crippen LogP contribution in [0, 0.1) is 5.92 Å². The summed E-state index contributed by atoms with van der Waals surface area (Å²) in [5, 5.41) is 12.4. The maximum atomic E-state index is 12.6. The average Bonchev–Trinajstić information content (AvgIpc) is 2.86. The van der Waals surface area contributed by atoms with Crippen LogP contribution in [0.15, 0.2) is 0 Å². The molecule has 1 saturated heterocycles. The Morgan fingerprint density at radius 1 is 1.38 bits per heavy atom. The number of carbonyl (C=O) groups excluding carboxylic acids is 1. The number of likely N-dealkylation sites (tertiary alicyclic amines) is 1. The highest BCUT2D eigenvalue weighted by Crippen LogP contribution is 2.39. The molecule has 1 saturated carbocycles. The van der Waals surface area contributed by atoms with Gasteiger partial charge in [-0.2, -0.15) is 0 Å². The Labute approximate surface area is 125 Å². The number of methoxy groups -OCH3 is 1. The van der Waals surface area contributed by atoms with Crippen LogP contribution in [0.2, 0.25) is 0 Å². The van der Waals surface area contributed by atoms with Crippen molar-refractivity contribution in [3.63, 3.8) is 0 Å². The van der Waals surface area contributed by atoms with Crippen LogP contribution in [0.5, 0.6) is 0 Å². The number of carbonyl (C=O) groups is 2. The molecule has 2 amide bonds. The predicted octanol–water partition coefficient (Wildman–Crippen LogP) is 1.84.